The minimum atomic E-state index is -0.573. The Kier molecular flexibility index (Phi) is 6.16. The first-order valence-electron chi connectivity index (χ1n) is 10.2. The summed E-state index contributed by atoms with van der Waals surface area (Å²) in [7, 11) is 4.63. The van der Waals surface area contributed by atoms with Crippen molar-refractivity contribution in [3.8, 4) is 17.2 Å². The smallest absolute Gasteiger partial charge is 0.243 e. The van der Waals surface area contributed by atoms with Crippen LogP contribution in [0, 0.1) is 5.82 Å². The molecule has 1 heterocycles. The van der Waals surface area contributed by atoms with Crippen molar-refractivity contribution in [3.05, 3.63) is 83.2 Å². The third kappa shape index (κ3) is 4.06. The van der Waals surface area contributed by atoms with Crippen LogP contribution in [0.1, 0.15) is 22.6 Å². The topological polar surface area (TPSA) is 68.8 Å². The zero-order valence-corrected chi connectivity index (χ0v) is 18.1. The van der Waals surface area contributed by atoms with Gasteiger partial charge in [-0.25, -0.2) is 4.39 Å². The summed E-state index contributed by atoms with van der Waals surface area (Å²) in [4.78, 5) is 13.2. The monoisotopic (exact) mass is 436 g/mol. The lowest BCUT2D eigenvalue weighted by Gasteiger charge is -2.21. The number of amides is 1. The Balaban J connectivity index is 1.58. The van der Waals surface area contributed by atoms with Crippen molar-refractivity contribution in [2.24, 2.45) is 0 Å². The van der Waals surface area contributed by atoms with Crippen LogP contribution in [-0.4, -0.2) is 33.3 Å². The van der Waals surface area contributed by atoms with Crippen LogP contribution in [0.5, 0.6) is 17.2 Å². The molecule has 2 atom stereocenters. The average Bonchev–Trinajstić information content (AvgIpc) is 3.20. The summed E-state index contributed by atoms with van der Waals surface area (Å²) in [6.07, 6.45) is 0. The molecular weight excluding hydrogens is 411 g/mol. The lowest BCUT2D eigenvalue weighted by Crippen LogP contribution is -2.40. The fourth-order valence-electron chi connectivity index (χ4n) is 4.14. The van der Waals surface area contributed by atoms with Gasteiger partial charge < -0.3 is 24.8 Å². The largest absolute Gasteiger partial charge is 0.493 e. The van der Waals surface area contributed by atoms with Crippen molar-refractivity contribution in [2.75, 3.05) is 26.6 Å². The van der Waals surface area contributed by atoms with E-state index in [1.165, 1.54) is 19.2 Å². The van der Waals surface area contributed by atoms with Crippen LogP contribution in [0.2, 0.25) is 0 Å². The maximum absolute atomic E-state index is 14.0. The Labute approximate surface area is 186 Å². The Morgan fingerprint density at radius 2 is 1.66 bits per heavy atom. The van der Waals surface area contributed by atoms with E-state index in [1.54, 1.807) is 32.4 Å². The fourth-order valence-corrected chi connectivity index (χ4v) is 4.14. The number of rotatable bonds is 7. The average molecular weight is 436 g/mol. The van der Waals surface area contributed by atoms with Crippen LogP contribution in [0.4, 0.5) is 10.1 Å². The normalized spacial score (nSPS) is 16.6. The molecule has 2 N–H and O–H groups in total. The number of fused-ring (bicyclic) bond motifs is 1. The van der Waals surface area contributed by atoms with E-state index in [0.29, 0.717) is 17.2 Å². The fraction of sp³-hybridized carbons (Fsp3) is 0.240. The molecule has 0 spiro atoms. The zero-order chi connectivity index (χ0) is 22.7. The molecule has 0 bridgehead atoms. The Morgan fingerprint density at radius 3 is 2.28 bits per heavy atom. The summed E-state index contributed by atoms with van der Waals surface area (Å²) in [5, 5.41) is 6.24. The molecule has 32 heavy (non-hydrogen) atoms. The number of halogens is 1. The number of nitrogens with one attached hydrogen (secondary N) is 2. The SMILES string of the molecule is COc1cc(CNC(=O)C2Nc3ccc(F)cc3C2c2ccccc2)cc(OC)c1OC. The van der Waals surface area contributed by atoms with Gasteiger partial charge in [-0.05, 0) is 47.0 Å². The molecule has 1 amide bonds. The first-order chi connectivity index (χ1) is 15.5. The van der Waals surface area contributed by atoms with Gasteiger partial charge in [-0.3, -0.25) is 4.79 Å². The quantitative estimate of drug-likeness (QED) is 0.584. The second-order valence-corrected chi connectivity index (χ2v) is 7.49. The van der Waals surface area contributed by atoms with E-state index in [4.69, 9.17) is 14.2 Å². The minimum Gasteiger partial charge on any atom is -0.493 e. The van der Waals surface area contributed by atoms with Crippen LogP contribution in [0.25, 0.3) is 0 Å². The van der Waals surface area contributed by atoms with Gasteiger partial charge in [0, 0.05) is 18.2 Å². The van der Waals surface area contributed by atoms with Crippen LogP contribution in [0.15, 0.2) is 60.7 Å². The molecule has 0 aliphatic carbocycles. The van der Waals surface area contributed by atoms with Gasteiger partial charge in [0.15, 0.2) is 11.5 Å². The van der Waals surface area contributed by atoms with Crippen molar-refractivity contribution in [1.82, 2.24) is 5.32 Å². The number of ether oxygens (including phenoxy) is 3. The Morgan fingerprint density at radius 1 is 0.969 bits per heavy atom. The highest BCUT2D eigenvalue weighted by atomic mass is 19.1. The van der Waals surface area contributed by atoms with E-state index in [0.717, 1.165) is 22.4 Å². The third-order valence-electron chi connectivity index (χ3n) is 5.63. The van der Waals surface area contributed by atoms with Gasteiger partial charge in [-0.15, -0.1) is 0 Å². The molecule has 0 fully saturated rings. The van der Waals surface area contributed by atoms with E-state index in [1.807, 2.05) is 30.3 Å². The molecule has 6 nitrogen and oxygen atoms in total. The van der Waals surface area contributed by atoms with Crippen molar-refractivity contribution < 1.29 is 23.4 Å². The van der Waals surface area contributed by atoms with Crippen molar-refractivity contribution in [3.63, 3.8) is 0 Å². The standard InChI is InChI=1S/C25H25FN2O4/c1-30-20-11-15(12-21(31-2)24(20)32-3)14-27-25(29)23-22(16-7-5-4-6-8-16)18-13-17(26)9-10-19(18)28-23/h4-13,22-23,28H,14H2,1-3H3,(H,27,29). The molecule has 0 saturated carbocycles. The van der Waals surface area contributed by atoms with Gasteiger partial charge in [-0.1, -0.05) is 30.3 Å². The molecule has 7 heteroatoms. The first-order valence-corrected chi connectivity index (χ1v) is 10.2. The Bertz CT molecular complexity index is 1100. The van der Waals surface area contributed by atoms with Crippen molar-refractivity contribution in [1.29, 1.82) is 0 Å². The molecule has 3 aromatic rings. The number of hydrogen-bond acceptors (Lipinski definition) is 5. The zero-order valence-electron chi connectivity index (χ0n) is 18.1. The summed E-state index contributed by atoms with van der Waals surface area (Å²) < 4.78 is 30.1. The second-order valence-electron chi connectivity index (χ2n) is 7.49. The number of anilines is 1. The highest BCUT2D eigenvalue weighted by Crippen LogP contribution is 2.41. The van der Waals surface area contributed by atoms with E-state index in [2.05, 4.69) is 10.6 Å². The van der Waals surface area contributed by atoms with Crippen LogP contribution < -0.4 is 24.8 Å². The number of carbonyl (C=O) groups is 1. The minimum absolute atomic E-state index is 0.191. The molecule has 3 aromatic carbocycles. The Hall–Kier alpha value is -3.74. The molecule has 0 aromatic heterocycles. The summed E-state index contributed by atoms with van der Waals surface area (Å²) in [5.41, 5.74) is 3.26. The summed E-state index contributed by atoms with van der Waals surface area (Å²) >= 11 is 0. The van der Waals surface area contributed by atoms with Gasteiger partial charge in [0.2, 0.25) is 11.7 Å². The highest BCUT2D eigenvalue weighted by Gasteiger charge is 2.38. The van der Waals surface area contributed by atoms with Gasteiger partial charge in [-0.2, -0.15) is 0 Å². The first kappa shape index (κ1) is 21.5. The second kappa shape index (κ2) is 9.18. The molecule has 4 rings (SSSR count). The third-order valence-corrected chi connectivity index (χ3v) is 5.63. The maximum atomic E-state index is 14.0. The van der Waals surface area contributed by atoms with Gasteiger partial charge in [0.05, 0.1) is 21.3 Å². The highest BCUT2D eigenvalue weighted by molar-refractivity contribution is 5.89. The van der Waals surface area contributed by atoms with E-state index in [9.17, 15) is 9.18 Å². The van der Waals surface area contributed by atoms with Crippen LogP contribution >= 0.6 is 0 Å². The molecule has 2 unspecified atom stereocenters. The predicted octanol–water partition coefficient (Wildman–Crippen LogP) is 4.09. The van der Waals surface area contributed by atoms with E-state index >= 15 is 0 Å². The molecule has 0 radical (unpaired) electrons. The van der Waals surface area contributed by atoms with Gasteiger partial charge >= 0.3 is 0 Å². The molecule has 1 aliphatic heterocycles. The van der Waals surface area contributed by atoms with Crippen LogP contribution in [-0.2, 0) is 11.3 Å². The van der Waals surface area contributed by atoms with Gasteiger partial charge in [0.1, 0.15) is 11.9 Å². The maximum Gasteiger partial charge on any atom is 0.243 e. The van der Waals surface area contributed by atoms with E-state index in [-0.39, 0.29) is 24.2 Å². The predicted molar refractivity (Wildman–Crippen MR) is 120 cm³/mol. The lowest BCUT2D eigenvalue weighted by atomic mass is 9.87. The molecule has 1 aliphatic rings. The lowest BCUT2D eigenvalue weighted by molar-refractivity contribution is -0.122. The van der Waals surface area contributed by atoms with Crippen LogP contribution in [0.3, 0.4) is 0 Å². The van der Waals surface area contributed by atoms with Crippen molar-refractivity contribution >= 4 is 11.6 Å². The molecule has 0 saturated heterocycles. The number of carbonyl (C=O) groups excluding carboxylic acids is 1. The molecular formula is C25H25FN2O4. The molecule has 166 valence electrons. The van der Waals surface area contributed by atoms with E-state index < -0.39 is 6.04 Å². The summed E-state index contributed by atoms with van der Waals surface area (Å²) in [5.74, 6) is 0.695. The van der Waals surface area contributed by atoms with Crippen molar-refractivity contribution in [2.45, 2.75) is 18.5 Å². The van der Waals surface area contributed by atoms with Gasteiger partial charge in [0.25, 0.3) is 0 Å². The summed E-state index contributed by atoms with van der Waals surface area (Å²) in [6, 6.07) is 17.2. The number of hydrogen-bond donors (Lipinski definition) is 2. The summed E-state index contributed by atoms with van der Waals surface area (Å²) in [6.45, 7) is 0.264. The number of methoxy groups -OCH3 is 3. The number of benzene rings is 3.